The minimum absolute atomic E-state index is 0.219. The van der Waals surface area contributed by atoms with E-state index in [1.54, 1.807) is 0 Å². The number of amides is 2. The van der Waals surface area contributed by atoms with E-state index in [1.807, 2.05) is 26.2 Å². The van der Waals surface area contributed by atoms with Crippen LogP contribution in [0.4, 0.5) is 4.79 Å². The van der Waals surface area contributed by atoms with Crippen LogP contribution in [0.3, 0.4) is 0 Å². The number of hydrazine groups is 1. The van der Waals surface area contributed by atoms with E-state index in [9.17, 15) is 4.79 Å². The second-order valence-corrected chi connectivity index (χ2v) is 2.85. The summed E-state index contributed by atoms with van der Waals surface area (Å²) in [5, 5.41) is 2.59. The zero-order chi connectivity index (χ0) is 7.49. The summed E-state index contributed by atoms with van der Waals surface area (Å²) in [6, 6.07) is -0.359. The van der Waals surface area contributed by atoms with Gasteiger partial charge in [-0.2, -0.15) is 0 Å². The van der Waals surface area contributed by atoms with Crippen LogP contribution < -0.4 is 16.6 Å². The molecule has 0 aromatic heterocycles. The van der Waals surface area contributed by atoms with Gasteiger partial charge in [0.05, 0.1) is 0 Å². The number of carbonyl (C=O) groups is 1. The van der Waals surface area contributed by atoms with Crippen LogP contribution in [0.5, 0.6) is 0 Å². The van der Waals surface area contributed by atoms with Gasteiger partial charge in [-0.25, -0.2) is 10.6 Å². The Balaban J connectivity index is 3.60. The first-order valence-electron chi connectivity index (χ1n) is 2.74. The molecule has 0 heterocycles. The van der Waals surface area contributed by atoms with Gasteiger partial charge in [0.1, 0.15) is 0 Å². The Bertz CT molecular complexity index is 105. The number of urea groups is 1. The first-order chi connectivity index (χ1) is 3.95. The highest BCUT2D eigenvalue weighted by Crippen LogP contribution is 1.96. The first-order valence-corrected chi connectivity index (χ1v) is 2.74. The number of nitrogens with two attached hydrogens (primary N) is 1. The molecule has 4 heteroatoms. The minimum atomic E-state index is -0.359. The Kier molecular flexibility index (Phi) is 2.45. The van der Waals surface area contributed by atoms with Crippen molar-refractivity contribution < 1.29 is 4.79 Å². The van der Waals surface area contributed by atoms with Crippen LogP contribution in [0, 0.1) is 0 Å². The molecule has 0 atom stereocenters. The van der Waals surface area contributed by atoms with E-state index >= 15 is 0 Å². The van der Waals surface area contributed by atoms with Gasteiger partial charge >= 0.3 is 6.03 Å². The molecule has 0 aromatic rings. The van der Waals surface area contributed by atoms with E-state index in [2.05, 4.69) is 5.32 Å². The van der Waals surface area contributed by atoms with Crippen molar-refractivity contribution in [1.29, 1.82) is 0 Å². The van der Waals surface area contributed by atoms with Crippen LogP contribution in [0.15, 0.2) is 0 Å². The smallest absolute Gasteiger partial charge is 0.329 e. The molecule has 4 N–H and O–H groups in total. The van der Waals surface area contributed by atoms with Crippen LogP contribution in [-0.4, -0.2) is 11.6 Å². The highest BCUT2D eigenvalue weighted by atomic mass is 16.2. The van der Waals surface area contributed by atoms with E-state index in [-0.39, 0.29) is 11.6 Å². The maximum absolute atomic E-state index is 10.5. The third-order valence-corrected chi connectivity index (χ3v) is 0.620. The fourth-order valence-corrected chi connectivity index (χ4v) is 0.377. The van der Waals surface area contributed by atoms with Crippen molar-refractivity contribution in [2.24, 2.45) is 5.84 Å². The zero-order valence-corrected chi connectivity index (χ0v) is 5.99. The van der Waals surface area contributed by atoms with Crippen LogP contribution in [0.25, 0.3) is 0 Å². The molecule has 4 nitrogen and oxygen atoms in total. The molecule has 0 aliphatic carbocycles. The van der Waals surface area contributed by atoms with Crippen molar-refractivity contribution in [3.05, 3.63) is 0 Å². The lowest BCUT2D eigenvalue weighted by Gasteiger charge is -2.19. The second kappa shape index (κ2) is 2.68. The molecule has 0 aromatic carbocycles. The fourth-order valence-electron chi connectivity index (χ4n) is 0.377. The highest BCUT2D eigenvalue weighted by Gasteiger charge is 2.11. The molecule has 0 rings (SSSR count). The largest absolute Gasteiger partial charge is 0.332 e. The summed E-state index contributed by atoms with van der Waals surface area (Å²) in [5.74, 6) is 4.82. The van der Waals surface area contributed by atoms with E-state index in [0.29, 0.717) is 0 Å². The monoisotopic (exact) mass is 131 g/mol. The topological polar surface area (TPSA) is 67.2 Å². The molecule has 0 aliphatic heterocycles. The van der Waals surface area contributed by atoms with Gasteiger partial charge in [0.25, 0.3) is 0 Å². The van der Waals surface area contributed by atoms with Gasteiger partial charge in [0.2, 0.25) is 0 Å². The second-order valence-electron chi connectivity index (χ2n) is 2.85. The first kappa shape index (κ1) is 8.23. The summed E-state index contributed by atoms with van der Waals surface area (Å²) in [7, 11) is 0. The SMILES string of the molecule is CC(C)(C)NC(=O)NN. The van der Waals surface area contributed by atoms with Gasteiger partial charge < -0.3 is 5.32 Å². The predicted molar refractivity (Wildman–Crippen MR) is 35.6 cm³/mol. The van der Waals surface area contributed by atoms with Crippen molar-refractivity contribution in [1.82, 2.24) is 10.7 Å². The summed E-state index contributed by atoms with van der Waals surface area (Å²) < 4.78 is 0. The molecule has 0 fully saturated rings. The maximum Gasteiger partial charge on any atom is 0.329 e. The average Bonchev–Trinajstić information content (AvgIpc) is 1.62. The van der Waals surface area contributed by atoms with E-state index in [0.717, 1.165) is 0 Å². The average molecular weight is 131 g/mol. The lowest BCUT2D eigenvalue weighted by molar-refractivity contribution is 0.232. The molecule has 0 aliphatic rings. The maximum atomic E-state index is 10.5. The van der Waals surface area contributed by atoms with E-state index in [1.165, 1.54) is 0 Å². The van der Waals surface area contributed by atoms with E-state index < -0.39 is 0 Å². The molecule has 0 unspecified atom stereocenters. The Morgan fingerprint density at radius 2 is 1.89 bits per heavy atom. The van der Waals surface area contributed by atoms with Gasteiger partial charge in [-0.1, -0.05) is 0 Å². The molecule has 2 amide bonds. The number of hydrogen-bond donors (Lipinski definition) is 3. The Morgan fingerprint density at radius 3 is 2.00 bits per heavy atom. The third-order valence-electron chi connectivity index (χ3n) is 0.620. The summed E-state index contributed by atoms with van der Waals surface area (Å²) >= 11 is 0. The number of nitrogens with one attached hydrogen (secondary N) is 2. The lowest BCUT2D eigenvalue weighted by Crippen LogP contribution is -2.48. The molecular weight excluding hydrogens is 118 g/mol. The summed E-state index contributed by atoms with van der Waals surface area (Å²) in [4.78, 5) is 10.5. The van der Waals surface area contributed by atoms with Gasteiger partial charge in [-0.15, -0.1) is 0 Å². The number of hydrogen-bond acceptors (Lipinski definition) is 2. The van der Waals surface area contributed by atoms with Crippen molar-refractivity contribution in [3.63, 3.8) is 0 Å². The van der Waals surface area contributed by atoms with Gasteiger partial charge in [0.15, 0.2) is 0 Å². The zero-order valence-electron chi connectivity index (χ0n) is 5.99. The third kappa shape index (κ3) is 5.10. The van der Waals surface area contributed by atoms with Crippen molar-refractivity contribution in [3.8, 4) is 0 Å². The Labute approximate surface area is 54.8 Å². The van der Waals surface area contributed by atoms with Crippen LogP contribution in [0.2, 0.25) is 0 Å². The van der Waals surface area contributed by atoms with Crippen LogP contribution in [-0.2, 0) is 0 Å². The normalized spacial score (nSPS) is 10.7. The molecule has 54 valence electrons. The van der Waals surface area contributed by atoms with Gasteiger partial charge in [-0.05, 0) is 20.8 Å². The standard InChI is InChI=1S/C5H13N3O/c1-5(2,3)7-4(9)8-6/h6H2,1-3H3,(H2,7,8,9). The Morgan fingerprint density at radius 1 is 1.44 bits per heavy atom. The van der Waals surface area contributed by atoms with Crippen molar-refractivity contribution in [2.75, 3.05) is 0 Å². The molecule has 0 radical (unpaired) electrons. The molecule has 0 saturated heterocycles. The summed E-state index contributed by atoms with van der Waals surface area (Å²) in [6.45, 7) is 5.63. The van der Waals surface area contributed by atoms with Crippen LogP contribution in [0.1, 0.15) is 20.8 Å². The highest BCUT2D eigenvalue weighted by molar-refractivity contribution is 5.73. The summed E-state index contributed by atoms with van der Waals surface area (Å²) in [5.41, 5.74) is 1.75. The molecular formula is C5H13N3O. The van der Waals surface area contributed by atoms with Crippen LogP contribution >= 0.6 is 0 Å². The van der Waals surface area contributed by atoms with Crippen molar-refractivity contribution in [2.45, 2.75) is 26.3 Å². The number of carbonyl (C=O) groups excluding carboxylic acids is 1. The van der Waals surface area contributed by atoms with E-state index in [4.69, 9.17) is 5.84 Å². The molecule has 9 heavy (non-hydrogen) atoms. The fraction of sp³-hybridized carbons (Fsp3) is 0.800. The molecule has 0 spiro atoms. The molecule has 0 bridgehead atoms. The Hall–Kier alpha value is -0.770. The minimum Gasteiger partial charge on any atom is -0.332 e. The van der Waals surface area contributed by atoms with Gasteiger partial charge in [-0.3, -0.25) is 5.43 Å². The lowest BCUT2D eigenvalue weighted by atomic mass is 10.1. The summed E-state index contributed by atoms with van der Waals surface area (Å²) in [6.07, 6.45) is 0. The van der Waals surface area contributed by atoms with Gasteiger partial charge in [0, 0.05) is 5.54 Å². The van der Waals surface area contributed by atoms with Crippen molar-refractivity contribution >= 4 is 6.03 Å². The number of rotatable bonds is 0. The predicted octanol–water partition coefficient (Wildman–Crippen LogP) is -0.0422. The quantitative estimate of drug-likeness (QED) is 0.245. The molecule has 0 saturated carbocycles.